The van der Waals surface area contributed by atoms with Crippen molar-refractivity contribution >= 4 is 5.91 Å². The minimum atomic E-state index is -0.0840. The van der Waals surface area contributed by atoms with Gasteiger partial charge in [-0.25, -0.2) is 4.98 Å². The highest BCUT2D eigenvalue weighted by Gasteiger charge is 2.36. The van der Waals surface area contributed by atoms with E-state index >= 15 is 0 Å². The first kappa shape index (κ1) is 13.0. The molecule has 106 valence electrons. The summed E-state index contributed by atoms with van der Waals surface area (Å²) in [6.07, 6.45) is 5.96. The normalized spacial score (nSPS) is 16.1. The smallest absolute Gasteiger partial charge is 0.255 e. The van der Waals surface area contributed by atoms with Crippen LogP contribution in [0, 0.1) is 19.8 Å². The van der Waals surface area contributed by atoms with Crippen LogP contribution in [-0.2, 0) is 7.05 Å². The molecular weight excluding hydrogens is 254 g/mol. The lowest BCUT2D eigenvalue weighted by molar-refractivity contribution is 0.0927. The van der Waals surface area contributed by atoms with Crippen LogP contribution >= 0.6 is 0 Å². The SMILES string of the molecule is Cc1cc(C(=O)NC(c2nccn2C)C2CC2)c(C)o1. The number of hydrogen-bond acceptors (Lipinski definition) is 3. The van der Waals surface area contributed by atoms with Gasteiger partial charge < -0.3 is 14.3 Å². The molecule has 1 saturated carbocycles. The topological polar surface area (TPSA) is 60.1 Å². The lowest BCUT2D eigenvalue weighted by atomic mass is 10.1. The summed E-state index contributed by atoms with van der Waals surface area (Å²) in [5.74, 6) is 2.74. The summed E-state index contributed by atoms with van der Waals surface area (Å²) in [4.78, 5) is 16.8. The number of rotatable bonds is 4. The summed E-state index contributed by atoms with van der Waals surface area (Å²) < 4.78 is 7.40. The molecule has 0 aromatic carbocycles. The summed E-state index contributed by atoms with van der Waals surface area (Å²) in [5.41, 5.74) is 0.613. The van der Waals surface area contributed by atoms with Gasteiger partial charge >= 0.3 is 0 Å². The van der Waals surface area contributed by atoms with Crippen molar-refractivity contribution < 1.29 is 9.21 Å². The number of imidazole rings is 1. The van der Waals surface area contributed by atoms with Gasteiger partial charge in [-0.1, -0.05) is 0 Å². The number of nitrogens with one attached hydrogen (secondary N) is 1. The molecule has 2 aromatic heterocycles. The number of carbonyl (C=O) groups is 1. The van der Waals surface area contributed by atoms with Crippen LogP contribution in [0.1, 0.15) is 46.6 Å². The molecule has 1 unspecified atom stereocenters. The predicted molar refractivity (Wildman–Crippen MR) is 74.3 cm³/mol. The molecule has 0 saturated heterocycles. The first-order chi connectivity index (χ1) is 9.56. The van der Waals surface area contributed by atoms with E-state index in [0.717, 1.165) is 24.4 Å². The van der Waals surface area contributed by atoms with Gasteiger partial charge in [-0.15, -0.1) is 0 Å². The van der Waals surface area contributed by atoms with Crippen LogP contribution in [-0.4, -0.2) is 15.5 Å². The van der Waals surface area contributed by atoms with E-state index < -0.39 is 0 Å². The number of aromatic nitrogens is 2. The Balaban J connectivity index is 1.82. The summed E-state index contributed by atoms with van der Waals surface area (Å²) in [5, 5.41) is 3.11. The third kappa shape index (κ3) is 2.35. The molecular formula is C15H19N3O2. The fraction of sp³-hybridized carbons (Fsp3) is 0.467. The van der Waals surface area contributed by atoms with Crippen molar-refractivity contribution in [1.29, 1.82) is 0 Å². The number of hydrogen-bond donors (Lipinski definition) is 1. The van der Waals surface area contributed by atoms with Gasteiger partial charge in [0.1, 0.15) is 17.3 Å². The molecule has 1 fully saturated rings. The highest BCUT2D eigenvalue weighted by molar-refractivity contribution is 5.95. The van der Waals surface area contributed by atoms with Gasteiger partial charge in [0, 0.05) is 19.4 Å². The van der Waals surface area contributed by atoms with Crippen molar-refractivity contribution in [1.82, 2.24) is 14.9 Å². The first-order valence-electron chi connectivity index (χ1n) is 6.91. The van der Waals surface area contributed by atoms with Crippen LogP contribution in [0.3, 0.4) is 0 Å². The number of aryl methyl sites for hydroxylation is 3. The average molecular weight is 273 g/mol. The molecule has 0 spiro atoms. The van der Waals surface area contributed by atoms with Gasteiger partial charge in [-0.2, -0.15) is 0 Å². The summed E-state index contributed by atoms with van der Waals surface area (Å²) in [6.45, 7) is 3.66. The van der Waals surface area contributed by atoms with E-state index in [9.17, 15) is 4.79 Å². The van der Waals surface area contributed by atoms with E-state index in [1.54, 1.807) is 12.3 Å². The molecule has 1 aliphatic carbocycles. The van der Waals surface area contributed by atoms with Crippen molar-refractivity contribution in [2.24, 2.45) is 13.0 Å². The van der Waals surface area contributed by atoms with Crippen LogP contribution in [0.15, 0.2) is 22.9 Å². The Morgan fingerprint density at radius 3 is 2.75 bits per heavy atom. The number of nitrogens with zero attached hydrogens (tertiary/aromatic N) is 2. The van der Waals surface area contributed by atoms with Crippen LogP contribution in [0.25, 0.3) is 0 Å². The minimum absolute atomic E-state index is 0.0166. The molecule has 0 radical (unpaired) electrons. The Morgan fingerprint density at radius 2 is 2.25 bits per heavy atom. The largest absolute Gasteiger partial charge is 0.466 e. The summed E-state index contributed by atoms with van der Waals surface area (Å²) >= 11 is 0. The Labute approximate surface area is 118 Å². The number of carbonyl (C=O) groups excluding carboxylic acids is 1. The van der Waals surface area contributed by atoms with E-state index in [0.29, 0.717) is 17.2 Å². The molecule has 1 N–H and O–H groups in total. The van der Waals surface area contributed by atoms with E-state index in [1.165, 1.54) is 0 Å². The molecule has 1 aliphatic rings. The molecule has 1 atom stereocenters. The van der Waals surface area contributed by atoms with Crippen LogP contribution < -0.4 is 5.32 Å². The maximum Gasteiger partial charge on any atom is 0.255 e. The lowest BCUT2D eigenvalue weighted by Crippen LogP contribution is -2.31. The maximum absolute atomic E-state index is 12.4. The lowest BCUT2D eigenvalue weighted by Gasteiger charge is -2.17. The van der Waals surface area contributed by atoms with E-state index in [4.69, 9.17) is 4.42 Å². The molecule has 5 heteroatoms. The first-order valence-corrected chi connectivity index (χ1v) is 6.91. The van der Waals surface area contributed by atoms with E-state index in [-0.39, 0.29) is 11.9 Å². The van der Waals surface area contributed by atoms with Crippen molar-refractivity contribution in [3.63, 3.8) is 0 Å². The number of furan rings is 1. The average Bonchev–Trinajstić information content (AvgIpc) is 3.06. The van der Waals surface area contributed by atoms with E-state index in [2.05, 4.69) is 10.3 Å². The van der Waals surface area contributed by atoms with E-state index in [1.807, 2.05) is 31.7 Å². The van der Waals surface area contributed by atoms with Crippen molar-refractivity contribution in [3.8, 4) is 0 Å². The predicted octanol–water partition coefficient (Wildman–Crippen LogP) is 2.51. The Morgan fingerprint density at radius 1 is 1.50 bits per heavy atom. The Hall–Kier alpha value is -2.04. The Kier molecular flexibility index (Phi) is 3.12. The van der Waals surface area contributed by atoms with Gasteiger partial charge in [0.25, 0.3) is 5.91 Å². The monoisotopic (exact) mass is 273 g/mol. The molecule has 20 heavy (non-hydrogen) atoms. The summed E-state index contributed by atoms with van der Waals surface area (Å²) in [6, 6.07) is 1.77. The van der Waals surface area contributed by atoms with Gasteiger partial charge in [0.15, 0.2) is 0 Å². The molecule has 5 nitrogen and oxygen atoms in total. The third-order valence-corrected chi connectivity index (χ3v) is 3.80. The van der Waals surface area contributed by atoms with Crippen molar-refractivity contribution in [2.75, 3.05) is 0 Å². The standard InChI is InChI=1S/C15H19N3O2/c1-9-8-12(10(2)20-9)15(19)17-13(11-4-5-11)14-16-6-7-18(14)3/h6-8,11,13H,4-5H2,1-3H3,(H,17,19). The molecule has 2 heterocycles. The van der Waals surface area contributed by atoms with Crippen molar-refractivity contribution in [2.45, 2.75) is 32.7 Å². The van der Waals surface area contributed by atoms with Gasteiger partial charge in [0.05, 0.1) is 11.6 Å². The molecule has 2 aromatic rings. The van der Waals surface area contributed by atoms with Gasteiger partial charge in [-0.3, -0.25) is 4.79 Å². The van der Waals surface area contributed by atoms with Crippen LogP contribution in [0.4, 0.5) is 0 Å². The zero-order valence-corrected chi connectivity index (χ0v) is 12.0. The van der Waals surface area contributed by atoms with Crippen LogP contribution in [0.2, 0.25) is 0 Å². The fourth-order valence-corrected chi connectivity index (χ4v) is 2.57. The zero-order valence-electron chi connectivity index (χ0n) is 12.0. The highest BCUT2D eigenvalue weighted by atomic mass is 16.3. The molecule has 0 aliphatic heterocycles. The minimum Gasteiger partial charge on any atom is -0.466 e. The molecule has 1 amide bonds. The quantitative estimate of drug-likeness (QED) is 0.931. The maximum atomic E-state index is 12.4. The summed E-state index contributed by atoms with van der Waals surface area (Å²) in [7, 11) is 1.96. The second-order valence-electron chi connectivity index (χ2n) is 5.51. The second kappa shape index (κ2) is 4.81. The number of amides is 1. The second-order valence-corrected chi connectivity index (χ2v) is 5.51. The fourth-order valence-electron chi connectivity index (χ4n) is 2.57. The van der Waals surface area contributed by atoms with Gasteiger partial charge in [0.2, 0.25) is 0 Å². The molecule has 0 bridgehead atoms. The highest BCUT2D eigenvalue weighted by Crippen LogP contribution is 2.40. The zero-order chi connectivity index (χ0) is 14.3. The van der Waals surface area contributed by atoms with Gasteiger partial charge in [-0.05, 0) is 38.7 Å². The molecule has 3 rings (SSSR count). The Bertz CT molecular complexity index is 637. The van der Waals surface area contributed by atoms with Crippen LogP contribution in [0.5, 0.6) is 0 Å². The third-order valence-electron chi connectivity index (χ3n) is 3.80. The van der Waals surface area contributed by atoms with Crippen molar-refractivity contribution in [3.05, 3.63) is 41.4 Å².